The molecule has 0 aliphatic carbocycles. The van der Waals surface area contributed by atoms with Crippen LogP contribution < -0.4 is 4.74 Å². The van der Waals surface area contributed by atoms with Crippen molar-refractivity contribution in [3.63, 3.8) is 0 Å². The zero-order valence-electron chi connectivity index (χ0n) is 21.8. The fourth-order valence-corrected chi connectivity index (χ4v) is 5.12. The van der Waals surface area contributed by atoms with Crippen LogP contribution in [-0.2, 0) is 14.2 Å². The van der Waals surface area contributed by atoms with E-state index in [0.29, 0.717) is 28.0 Å². The summed E-state index contributed by atoms with van der Waals surface area (Å²) >= 11 is 2.14. The molecule has 1 atom stereocenters. The minimum absolute atomic E-state index is 0.0133. The van der Waals surface area contributed by atoms with E-state index in [4.69, 9.17) is 18.9 Å². The number of hydrogen-bond donors (Lipinski definition) is 1. The molecule has 3 aromatic heterocycles. The standard InChI is InChI=1S/C27H30IN5O5/c1-27(2,3)38-26(34)33-14-19(28)25-21(33)12-20(30-32-25)17-9-8-16(11-23(17)37-15-35-4)18-13-29-31-24(18)22-7-5-6-10-36-22/h8-9,11-14,22H,5-7,10,15H2,1-4H3,(H,29,31). The Balaban J connectivity index is 1.55. The second kappa shape index (κ2) is 11.0. The Bertz CT molecular complexity index is 1450. The molecule has 5 rings (SSSR count). The minimum atomic E-state index is -0.631. The third-order valence-electron chi connectivity index (χ3n) is 6.16. The average molecular weight is 631 g/mol. The largest absolute Gasteiger partial charge is 0.467 e. The number of ether oxygens (including phenoxy) is 4. The van der Waals surface area contributed by atoms with Gasteiger partial charge in [-0.1, -0.05) is 6.07 Å². The SMILES string of the molecule is COCOc1cc(-c2cn[nH]c2C2CCCCO2)ccc1-c1cc2c(nn1)c(I)cn2C(=O)OC(C)(C)C. The van der Waals surface area contributed by atoms with Gasteiger partial charge < -0.3 is 18.9 Å². The molecule has 1 aliphatic heterocycles. The van der Waals surface area contributed by atoms with E-state index in [-0.39, 0.29) is 12.9 Å². The predicted molar refractivity (Wildman–Crippen MR) is 150 cm³/mol. The molecule has 200 valence electrons. The molecule has 10 nitrogen and oxygen atoms in total. The quantitative estimate of drug-likeness (QED) is 0.201. The van der Waals surface area contributed by atoms with E-state index < -0.39 is 11.7 Å². The summed E-state index contributed by atoms with van der Waals surface area (Å²) in [6.45, 7) is 6.30. The Morgan fingerprint density at radius 2 is 2.05 bits per heavy atom. The molecule has 1 N–H and O–H groups in total. The van der Waals surface area contributed by atoms with Crippen LogP contribution in [0.2, 0.25) is 0 Å². The smallest absolute Gasteiger partial charge is 0.419 e. The monoisotopic (exact) mass is 631 g/mol. The Morgan fingerprint density at radius 3 is 2.79 bits per heavy atom. The van der Waals surface area contributed by atoms with Crippen LogP contribution in [0, 0.1) is 3.57 Å². The van der Waals surface area contributed by atoms with Crippen molar-refractivity contribution in [2.75, 3.05) is 20.5 Å². The van der Waals surface area contributed by atoms with Crippen LogP contribution in [0.3, 0.4) is 0 Å². The van der Waals surface area contributed by atoms with E-state index in [0.717, 1.165) is 46.3 Å². The number of nitrogens with one attached hydrogen (secondary N) is 1. The number of methoxy groups -OCH3 is 1. The van der Waals surface area contributed by atoms with Crippen molar-refractivity contribution >= 4 is 39.7 Å². The second-order valence-electron chi connectivity index (χ2n) is 10.1. The molecule has 38 heavy (non-hydrogen) atoms. The second-order valence-corrected chi connectivity index (χ2v) is 11.3. The van der Waals surface area contributed by atoms with Crippen LogP contribution in [0.15, 0.2) is 36.7 Å². The zero-order valence-corrected chi connectivity index (χ0v) is 23.9. The number of hydrogen-bond acceptors (Lipinski definition) is 8. The van der Waals surface area contributed by atoms with Crippen molar-refractivity contribution in [3.8, 4) is 28.1 Å². The van der Waals surface area contributed by atoms with Crippen molar-refractivity contribution in [1.29, 1.82) is 0 Å². The van der Waals surface area contributed by atoms with Gasteiger partial charge in [-0.3, -0.25) is 5.10 Å². The Kier molecular flexibility index (Phi) is 7.68. The molecule has 1 saturated heterocycles. The predicted octanol–water partition coefficient (Wildman–Crippen LogP) is 6.10. The van der Waals surface area contributed by atoms with Crippen molar-refractivity contribution in [2.24, 2.45) is 0 Å². The summed E-state index contributed by atoms with van der Waals surface area (Å²) < 4.78 is 25.0. The zero-order chi connectivity index (χ0) is 26.9. The number of aromatic nitrogens is 5. The van der Waals surface area contributed by atoms with Gasteiger partial charge in [0, 0.05) is 31.0 Å². The van der Waals surface area contributed by atoms with Gasteiger partial charge in [-0.2, -0.15) is 5.10 Å². The van der Waals surface area contributed by atoms with Crippen LogP contribution in [0.1, 0.15) is 51.8 Å². The maximum atomic E-state index is 12.9. The summed E-state index contributed by atoms with van der Waals surface area (Å²) in [4.78, 5) is 12.9. The average Bonchev–Trinajstić information content (AvgIpc) is 3.52. The van der Waals surface area contributed by atoms with Gasteiger partial charge in [0.15, 0.2) is 6.79 Å². The highest BCUT2D eigenvalue weighted by atomic mass is 127. The first-order chi connectivity index (χ1) is 18.2. The normalized spacial score (nSPS) is 16.1. The first-order valence-corrected chi connectivity index (χ1v) is 13.5. The fraction of sp³-hybridized carbons (Fsp3) is 0.407. The maximum Gasteiger partial charge on any atom is 0.419 e. The van der Waals surface area contributed by atoms with Gasteiger partial charge in [0.1, 0.15) is 16.9 Å². The molecule has 0 amide bonds. The van der Waals surface area contributed by atoms with Gasteiger partial charge in [-0.25, -0.2) is 9.36 Å². The van der Waals surface area contributed by atoms with Gasteiger partial charge in [-0.05, 0) is 86.4 Å². The van der Waals surface area contributed by atoms with E-state index in [9.17, 15) is 4.79 Å². The number of H-pyrrole nitrogens is 1. The molecule has 1 aromatic carbocycles. The third-order valence-corrected chi connectivity index (χ3v) is 6.95. The first-order valence-electron chi connectivity index (χ1n) is 12.4. The molecule has 1 fully saturated rings. The highest BCUT2D eigenvalue weighted by molar-refractivity contribution is 14.1. The van der Waals surface area contributed by atoms with Gasteiger partial charge >= 0.3 is 6.09 Å². The highest BCUT2D eigenvalue weighted by Crippen LogP contribution is 2.38. The first kappa shape index (κ1) is 26.6. The van der Waals surface area contributed by atoms with Crippen LogP contribution in [-0.4, -0.2) is 57.2 Å². The molecule has 0 saturated carbocycles. The van der Waals surface area contributed by atoms with Crippen LogP contribution in [0.25, 0.3) is 33.4 Å². The van der Waals surface area contributed by atoms with E-state index >= 15 is 0 Å². The number of benzene rings is 1. The maximum absolute atomic E-state index is 12.9. The molecule has 11 heteroatoms. The third kappa shape index (κ3) is 5.54. The summed E-state index contributed by atoms with van der Waals surface area (Å²) in [6.07, 6.45) is 6.17. The Hall–Kier alpha value is -3.03. The lowest BCUT2D eigenvalue weighted by molar-refractivity contribution is 0.0126. The molecule has 0 radical (unpaired) electrons. The summed E-state index contributed by atoms with van der Waals surface area (Å²) in [7, 11) is 1.57. The van der Waals surface area contributed by atoms with Crippen molar-refractivity contribution in [2.45, 2.75) is 51.7 Å². The number of carbonyl (C=O) groups excluding carboxylic acids is 1. The van der Waals surface area contributed by atoms with Gasteiger partial charge in [0.05, 0.1) is 32.8 Å². The molecule has 1 aliphatic rings. The Labute approximate surface area is 234 Å². The fourth-order valence-electron chi connectivity index (χ4n) is 4.46. The summed E-state index contributed by atoms with van der Waals surface area (Å²) in [5.74, 6) is 0.569. The number of rotatable bonds is 6. The number of carbonyl (C=O) groups is 1. The van der Waals surface area contributed by atoms with Crippen molar-refractivity contribution < 1.29 is 23.7 Å². The molecule has 4 heterocycles. The van der Waals surface area contributed by atoms with E-state index in [2.05, 4.69) is 43.0 Å². The lowest BCUT2D eigenvalue weighted by Gasteiger charge is -2.22. The number of fused-ring (bicyclic) bond motifs is 1. The molecular formula is C27H30IN5O5. The summed E-state index contributed by atoms with van der Waals surface area (Å²) in [6, 6.07) is 7.69. The Morgan fingerprint density at radius 1 is 1.21 bits per heavy atom. The summed E-state index contributed by atoms with van der Waals surface area (Å²) in [5.41, 5.74) is 4.70. The molecule has 4 aromatic rings. The number of nitrogens with zero attached hydrogens (tertiary/aromatic N) is 4. The lowest BCUT2D eigenvalue weighted by Crippen LogP contribution is -2.26. The summed E-state index contributed by atoms with van der Waals surface area (Å²) in [5, 5.41) is 16.3. The molecule has 1 unspecified atom stereocenters. The van der Waals surface area contributed by atoms with E-state index in [1.165, 1.54) is 4.57 Å². The minimum Gasteiger partial charge on any atom is -0.467 e. The van der Waals surface area contributed by atoms with Crippen LogP contribution in [0.5, 0.6) is 5.75 Å². The van der Waals surface area contributed by atoms with Crippen LogP contribution >= 0.6 is 22.6 Å². The van der Waals surface area contributed by atoms with Gasteiger partial charge in [0.25, 0.3) is 0 Å². The topological polar surface area (TPSA) is 113 Å². The molecular weight excluding hydrogens is 601 g/mol. The van der Waals surface area contributed by atoms with E-state index in [1.807, 2.05) is 51.2 Å². The molecule has 0 spiro atoms. The number of halogens is 1. The molecule has 0 bridgehead atoms. The van der Waals surface area contributed by atoms with Gasteiger partial charge in [-0.15, -0.1) is 10.2 Å². The van der Waals surface area contributed by atoms with Crippen LogP contribution in [0.4, 0.5) is 4.79 Å². The van der Waals surface area contributed by atoms with E-state index in [1.54, 1.807) is 13.3 Å². The number of aromatic amines is 1. The van der Waals surface area contributed by atoms with Gasteiger partial charge in [0.2, 0.25) is 0 Å². The van der Waals surface area contributed by atoms with Crippen molar-refractivity contribution in [1.82, 2.24) is 25.0 Å². The highest BCUT2D eigenvalue weighted by Gasteiger charge is 2.24. The van der Waals surface area contributed by atoms with Crippen molar-refractivity contribution in [3.05, 3.63) is 45.9 Å². The lowest BCUT2D eigenvalue weighted by atomic mass is 9.97.